The second kappa shape index (κ2) is 7.17. The molecule has 0 aliphatic carbocycles. The molecule has 0 unspecified atom stereocenters. The van der Waals surface area contributed by atoms with Gasteiger partial charge in [0.1, 0.15) is 0 Å². The third-order valence-corrected chi connectivity index (χ3v) is 3.73. The number of carboxylic acids is 1. The number of carbonyl (C=O) groups excluding carboxylic acids is 1. The SMILES string of the molecule is Cc1c(Cl)ccc2c(C(=O)[O-])cc(-c3ccccn3)nc12.[K+]. The first-order valence-electron chi connectivity index (χ1n) is 6.30. The molecule has 0 saturated heterocycles. The summed E-state index contributed by atoms with van der Waals surface area (Å²) >= 11 is 6.10. The Labute approximate surface area is 175 Å². The summed E-state index contributed by atoms with van der Waals surface area (Å²) in [6.45, 7) is 1.80. The summed E-state index contributed by atoms with van der Waals surface area (Å²) in [5.41, 5.74) is 2.44. The Balaban J connectivity index is 0.00000176. The van der Waals surface area contributed by atoms with Crippen molar-refractivity contribution in [2.75, 3.05) is 0 Å². The molecule has 0 spiro atoms. The zero-order chi connectivity index (χ0) is 15.0. The first-order chi connectivity index (χ1) is 10.1. The van der Waals surface area contributed by atoms with Crippen LogP contribution in [0.15, 0.2) is 42.6 Å². The molecule has 1 aromatic carbocycles. The number of aryl methyl sites for hydroxylation is 1. The summed E-state index contributed by atoms with van der Waals surface area (Å²) in [5, 5.41) is 12.5. The quantitative estimate of drug-likeness (QED) is 0.599. The molecule has 0 bridgehead atoms. The van der Waals surface area contributed by atoms with Crippen LogP contribution in [0, 0.1) is 6.92 Å². The van der Waals surface area contributed by atoms with Crippen LogP contribution in [-0.4, -0.2) is 15.9 Å². The molecule has 104 valence electrons. The number of fused-ring (bicyclic) bond motifs is 1. The predicted molar refractivity (Wildman–Crippen MR) is 79.1 cm³/mol. The predicted octanol–water partition coefficient (Wildman–Crippen LogP) is -0.374. The summed E-state index contributed by atoms with van der Waals surface area (Å²) in [4.78, 5) is 20.1. The fourth-order valence-electron chi connectivity index (χ4n) is 2.22. The monoisotopic (exact) mass is 336 g/mol. The van der Waals surface area contributed by atoms with Gasteiger partial charge in [0, 0.05) is 22.2 Å². The molecular weight excluding hydrogens is 327 g/mol. The molecule has 2 heterocycles. The Morgan fingerprint density at radius 3 is 2.59 bits per heavy atom. The van der Waals surface area contributed by atoms with Crippen molar-refractivity contribution in [1.29, 1.82) is 0 Å². The number of aromatic nitrogens is 2. The number of rotatable bonds is 2. The van der Waals surface area contributed by atoms with E-state index in [0.717, 1.165) is 5.56 Å². The number of carbonyl (C=O) groups is 1. The second-order valence-electron chi connectivity index (χ2n) is 4.63. The van der Waals surface area contributed by atoms with Crippen molar-refractivity contribution in [2.45, 2.75) is 6.92 Å². The van der Waals surface area contributed by atoms with Gasteiger partial charge in [0.05, 0.1) is 22.9 Å². The molecule has 0 amide bonds. The van der Waals surface area contributed by atoms with E-state index in [-0.39, 0.29) is 56.9 Å². The molecule has 0 radical (unpaired) electrons. The number of aromatic carboxylic acids is 1. The zero-order valence-electron chi connectivity index (χ0n) is 12.1. The van der Waals surface area contributed by atoms with Crippen molar-refractivity contribution in [3.63, 3.8) is 0 Å². The molecular formula is C16H10ClKN2O2. The van der Waals surface area contributed by atoms with Crippen LogP contribution in [-0.2, 0) is 0 Å². The van der Waals surface area contributed by atoms with E-state index in [1.54, 1.807) is 37.4 Å². The summed E-state index contributed by atoms with van der Waals surface area (Å²) in [6.07, 6.45) is 1.63. The zero-order valence-corrected chi connectivity index (χ0v) is 16.0. The van der Waals surface area contributed by atoms with Crippen LogP contribution in [0.2, 0.25) is 5.02 Å². The van der Waals surface area contributed by atoms with Crippen molar-refractivity contribution in [3.8, 4) is 11.4 Å². The average Bonchev–Trinajstić information content (AvgIpc) is 2.51. The summed E-state index contributed by atoms with van der Waals surface area (Å²) in [5.74, 6) is -1.25. The van der Waals surface area contributed by atoms with Gasteiger partial charge in [-0.3, -0.25) is 4.98 Å². The molecule has 4 nitrogen and oxygen atoms in total. The number of hydrogen-bond donors (Lipinski definition) is 0. The second-order valence-corrected chi connectivity index (χ2v) is 5.03. The minimum absolute atomic E-state index is 0. The normalized spacial score (nSPS) is 10.3. The molecule has 0 saturated carbocycles. The number of nitrogens with zero attached hydrogens (tertiary/aromatic N) is 2. The molecule has 3 rings (SSSR count). The Morgan fingerprint density at radius 1 is 1.18 bits per heavy atom. The summed E-state index contributed by atoms with van der Waals surface area (Å²) < 4.78 is 0. The fourth-order valence-corrected chi connectivity index (χ4v) is 2.37. The van der Waals surface area contributed by atoms with Crippen LogP contribution in [0.25, 0.3) is 22.3 Å². The van der Waals surface area contributed by atoms with E-state index in [9.17, 15) is 9.90 Å². The van der Waals surface area contributed by atoms with Crippen molar-refractivity contribution >= 4 is 28.5 Å². The average molecular weight is 337 g/mol. The van der Waals surface area contributed by atoms with Crippen LogP contribution >= 0.6 is 11.6 Å². The minimum Gasteiger partial charge on any atom is -0.545 e. The minimum atomic E-state index is -1.25. The number of hydrogen-bond acceptors (Lipinski definition) is 4. The maximum absolute atomic E-state index is 11.4. The van der Waals surface area contributed by atoms with E-state index >= 15 is 0 Å². The smallest absolute Gasteiger partial charge is 0.545 e. The maximum atomic E-state index is 11.4. The van der Waals surface area contributed by atoms with Crippen LogP contribution < -0.4 is 56.5 Å². The van der Waals surface area contributed by atoms with Crippen molar-refractivity contribution in [3.05, 3.63) is 58.7 Å². The van der Waals surface area contributed by atoms with Gasteiger partial charge in [-0.05, 0) is 36.8 Å². The van der Waals surface area contributed by atoms with Gasteiger partial charge in [-0.15, -0.1) is 0 Å². The fraction of sp³-hybridized carbons (Fsp3) is 0.0625. The van der Waals surface area contributed by atoms with E-state index in [1.165, 1.54) is 6.07 Å². The molecule has 3 aromatic rings. The first-order valence-corrected chi connectivity index (χ1v) is 6.68. The van der Waals surface area contributed by atoms with Crippen LogP contribution in [0.5, 0.6) is 0 Å². The summed E-state index contributed by atoms with van der Waals surface area (Å²) in [6, 6.07) is 10.2. The van der Waals surface area contributed by atoms with E-state index < -0.39 is 5.97 Å². The molecule has 0 fully saturated rings. The van der Waals surface area contributed by atoms with Gasteiger partial charge < -0.3 is 9.90 Å². The van der Waals surface area contributed by atoms with Gasteiger partial charge in [-0.2, -0.15) is 0 Å². The summed E-state index contributed by atoms with van der Waals surface area (Å²) in [7, 11) is 0. The topological polar surface area (TPSA) is 65.9 Å². The van der Waals surface area contributed by atoms with Crippen LogP contribution in [0.4, 0.5) is 0 Å². The van der Waals surface area contributed by atoms with Crippen molar-refractivity contribution < 1.29 is 61.3 Å². The van der Waals surface area contributed by atoms with E-state index in [1.807, 2.05) is 6.07 Å². The molecule has 0 N–H and O–H groups in total. The van der Waals surface area contributed by atoms with Gasteiger partial charge in [0.15, 0.2) is 0 Å². The van der Waals surface area contributed by atoms with E-state index in [2.05, 4.69) is 9.97 Å². The number of pyridine rings is 2. The Kier molecular flexibility index (Phi) is 5.71. The van der Waals surface area contributed by atoms with Crippen molar-refractivity contribution in [2.24, 2.45) is 0 Å². The standard InChI is InChI=1S/C16H11ClN2O2.K/c1-9-12(17)6-5-10-11(16(20)21)8-14(19-15(9)10)13-4-2-3-7-18-13;/h2-8H,1H3,(H,20,21);/q;+1/p-1. The van der Waals surface area contributed by atoms with Crippen LogP contribution in [0.3, 0.4) is 0 Å². The first kappa shape index (κ1) is 17.5. The van der Waals surface area contributed by atoms with Crippen molar-refractivity contribution in [1.82, 2.24) is 9.97 Å². The van der Waals surface area contributed by atoms with Gasteiger partial charge >= 0.3 is 51.4 Å². The molecule has 22 heavy (non-hydrogen) atoms. The van der Waals surface area contributed by atoms with Gasteiger partial charge in [-0.1, -0.05) is 23.7 Å². The van der Waals surface area contributed by atoms with E-state index in [4.69, 9.17) is 11.6 Å². The number of halogens is 1. The van der Waals surface area contributed by atoms with Crippen LogP contribution in [0.1, 0.15) is 15.9 Å². The Morgan fingerprint density at radius 2 is 1.95 bits per heavy atom. The molecule has 2 aromatic heterocycles. The molecule has 0 atom stereocenters. The molecule has 0 aliphatic rings. The van der Waals surface area contributed by atoms with Gasteiger partial charge in [0.25, 0.3) is 0 Å². The molecule has 0 aliphatic heterocycles. The third-order valence-electron chi connectivity index (χ3n) is 3.32. The Hall–Kier alpha value is -0.824. The third kappa shape index (κ3) is 3.25. The van der Waals surface area contributed by atoms with Gasteiger partial charge in [-0.25, -0.2) is 4.98 Å². The number of benzene rings is 1. The largest absolute Gasteiger partial charge is 1.00 e. The van der Waals surface area contributed by atoms with E-state index in [0.29, 0.717) is 27.3 Å². The number of carboxylic acid groups (broad SMARTS) is 1. The molecule has 6 heteroatoms. The Bertz CT molecular complexity index is 854. The maximum Gasteiger partial charge on any atom is 1.00 e. The van der Waals surface area contributed by atoms with Gasteiger partial charge in [0.2, 0.25) is 0 Å².